The van der Waals surface area contributed by atoms with Gasteiger partial charge in [-0.3, -0.25) is 0 Å². The van der Waals surface area contributed by atoms with Crippen molar-refractivity contribution in [2.75, 3.05) is 0 Å². The van der Waals surface area contributed by atoms with Crippen molar-refractivity contribution < 1.29 is 4.74 Å². The van der Waals surface area contributed by atoms with E-state index in [1.807, 2.05) is 43.3 Å². The van der Waals surface area contributed by atoms with Crippen LogP contribution in [0.3, 0.4) is 0 Å². The highest BCUT2D eigenvalue weighted by Crippen LogP contribution is 2.30. The molecule has 1 unspecified atom stereocenters. The zero-order chi connectivity index (χ0) is 13.0. The first-order chi connectivity index (χ1) is 8.70. The Balaban J connectivity index is 2.14. The zero-order valence-electron chi connectivity index (χ0n) is 10.3. The Bertz CT molecular complexity index is 513. The van der Waals surface area contributed by atoms with Crippen LogP contribution < -0.4 is 10.5 Å². The third-order valence-corrected chi connectivity index (χ3v) is 3.42. The lowest BCUT2D eigenvalue weighted by atomic mass is 10.1. The van der Waals surface area contributed by atoms with Crippen molar-refractivity contribution in [1.82, 2.24) is 0 Å². The number of hydrogen-bond donors (Lipinski definition) is 1. The lowest BCUT2D eigenvalue weighted by Gasteiger charge is -2.16. The van der Waals surface area contributed by atoms with E-state index in [2.05, 4.69) is 28.1 Å². The van der Waals surface area contributed by atoms with Gasteiger partial charge in [-0.25, -0.2) is 0 Å². The summed E-state index contributed by atoms with van der Waals surface area (Å²) in [4.78, 5) is 0. The summed E-state index contributed by atoms with van der Waals surface area (Å²) in [7, 11) is 0. The Labute approximate surface area is 116 Å². The lowest BCUT2D eigenvalue weighted by Crippen LogP contribution is -2.04. The molecule has 2 nitrogen and oxygen atoms in total. The van der Waals surface area contributed by atoms with Gasteiger partial charge in [-0.1, -0.05) is 36.4 Å². The fourth-order valence-electron chi connectivity index (χ4n) is 1.75. The molecule has 3 heteroatoms. The van der Waals surface area contributed by atoms with Gasteiger partial charge in [0.2, 0.25) is 0 Å². The molecule has 0 spiro atoms. The summed E-state index contributed by atoms with van der Waals surface area (Å²) >= 11 is 3.51. The Morgan fingerprint density at radius 2 is 1.89 bits per heavy atom. The summed E-state index contributed by atoms with van der Waals surface area (Å²) in [5.41, 5.74) is 7.84. The highest BCUT2D eigenvalue weighted by Gasteiger charge is 2.09. The molecule has 0 aliphatic heterocycles. The topological polar surface area (TPSA) is 35.2 Å². The Morgan fingerprint density at radius 1 is 1.17 bits per heavy atom. The van der Waals surface area contributed by atoms with E-state index in [1.165, 1.54) is 0 Å². The molecule has 0 radical (unpaired) electrons. The van der Waals surface area contributed by atoms with Crippen LogP contribution in [0.2, 0.25) is 0 Å². The molecule has 0 bridgehead atoms. The first-order valence-corrected chi connectivity index (χ1v) is 6.70. The standard InChI is InChI=1S/C15H16BrNO/c1-11(13-5-3-2-4-6-13)18-15-8-7-12(10-17)9-14(15)16/h2-9,11H,10,17H2,1H3. The van der Waals surface area contributed by atoms with E-state index in [0.29, 0.717) is 6.54 Å². The summed E-state index contributed by atoms with van der Waals surface area (Å²) in [5, 5.41) is 0. The summed E-state index contributed by atoms with van der Waals surface area (Å²) in [6, 6.07) is 16.1. The predicted molar refractivity (Wildman–Crippen MR) is 77.5 cm³/mol. The normalized spacial score (nSPS) is 12.2. The number of hydrogen-bond acceptors (Lipinski definition) is 2. The van der Waals surface area contributed by atoms with Gasteiger partial charge in [0.05, 0.1) is 4.47 Å². The van der Waals surface area contributed by atoms with Crippen LogP contribution >= 0.6 is 15.9 Å². The molecule has 0 aliphatic rings. The van der Waals surface area contributed by atoms with E-state index in [4.69, 9.17) is 10.5 Å². The van der Waals surface area contributed by atoms with Crippen LogP contribution in [0.1, 0.15) is 24.2 Å². The zero-order valence-corrected chi connectivity index (χ0v) is 11.9. The summed E-state index contributed by atoms with van der Waals surface area (Å²) in [5.74, 6) is 0.837. The van der Waals surface area contributed by atoms with Crippen LogP contribution in [0, 0.1) is 0 Å². The third kappa shape index (κ3) is 3.12. The second kappa shape index (κ2) is 6.03. The van der Waals surface area contributed by atoms with Crippen LogP contribution in [0.25, 0.3) is 0 Å². The van der Waals surface area contributed by atoms with Gasteiger partial charge >= 0.3 is 0 Å². The third-order valence-electron chi connectivity index (χ3n) is 2.80. The molecule has 2 N–H and O–H groups in total. The van der Waals surface area contributed by atoms with E-state index in [-0.39, 0.29) is 6.10 Å². The molecule has 0 aliphatic carbocycles. The van der Waals surface area contributed by atoms with Gasteiger partial charge in [-0.05, 0) is 46.1 Å². The molecular weight excluding hydrogens is 290 g/mol. The molecule has 0 heterocycles. The molecule has 0 amide bonds. The van der Waals surface area contributed by atoms with Crippen LogP contribution in [-0.4, -0.2) is 0 Å². The fourth-order valence-corrected chi connectivity index (χ4v) is 2.27. The van der Waals surface area contributed by atoms with E-state index < -0.39 is 0 Å². The molecule has 0 fully saturated rings. The Hall–Kier alpha value is -1.32. The largest absolute Gasteiger partial charge is 0.485 e. The number of rotatable bonds is 4. The molecule has 1 atom stereocenters. The van der Waals surface area contributed by atoms with Gasteiger partial charge in [-0.15, -0.1) is 0 Å². The molecule has 94 valence electrons. The molecule has 2 rings (SSSR count). The van der Waals surface area contributed by atoms with Crippen molar-refractivity contribution in [1.29, 1.82) is 0 Å². The van der Waals surface area contributed by atoms with Crippen molar-refractivity contribution in [3.63, 3.8) is 0 Å². The highest BCUT2D eigenvalue weighted by molar-refractivity contribution is 9.10. The van der Waals surface area contributed by atoms with Gasteiger partial charge in [0.15, 0.2) is 0 Å². The second-order valence-corrected chi connectivity index (χ2v) is 4.99. The molecule has 0 aromatic heterocycles. The molecule has 2 aromatic rings. The lowest BCUT2D eigenvalue weighted by molar-refractivity contribution is 0.225. The highest BCUT2D eigenvalue weighted by atomic mass is 79.9. The quantitative estimate of drug-likeness (QED) is 0.925. The average Bonchev–Trinajstić information content (AvgIpc) is 2.42. The number of benzene rings is 2. The van der Waals surface area contributed by atoms with Gasteiger partial charge in [-0.2, -0.15) is 0 Å². The van der Waals surface area contributed by atoms with Crippen LogP contribution in [0.15, 0.2) is 53.0 Å². The van der Waals surface area contributed by atoms with Crippen LogP contribution in [0.4, 0.5) is 0 Å². The van der Waals surface area contributed by atoms with Gasteiger partial charge in [0.1, 0.15) is 11.9 Å². The SMILES string of the molecule is CC(Oc1ccc(CN)cc1Br)c1ccccc1. The van der Waals surface area contributed by atoms with Crippen molar-refractivity contribution in [3.05, 3.63) is 64.1 Å². The first-order valence-electron chi connectivity index (χ1n) is 5.91. The smallest absolute Gasteiger partial charge is 0.134 e. The van der Waals surface area contributed by atoms with E-state index in [9.17, 15) is 0 Å². The minimum atomic E-state index is 0.0197. The summed E-state index contributed by atoms with van der Waals surface area (Å²) in [6.45, 7) is 2.58. The number of nitrogens with two attached hydrogens (primary N) is 1. The Morgan fingerprint density at radius 3 is 2.50 bits per heavy atom. The maximum Gasteiger partial charge on any atom is 0.134 e. The fraction of sp³-hybridized carbons (Fsp3) is 0.200. The molecule has 0 saturated carbocycles. The Kier molecular flexibility index (Phi) is 4.39. The minimum Gasteiger partial charge on any atom is -0.485 e. The van der Waals surface area contributed by atoms with Crippen molar-refractivity contribution in [3.8, 4) is 5.75 Å². The average molecular weight is 306 g/mol. The minimum absolute atomic E-state index is 0.0197. The first kappa shape index (κ1) is 13.1. The predicted octanol–water partition coefficient (Wildman–Crippen LogP) is 4.05. The van der Waals surface area contributed by atoms with E-state index >= 15 is 0 Å². The summed E-state index contributed by atoms with van der Waals surface area (Å²) < 4.78 is 6.88. The van der Waals surface area contributed by atoms with Gasteiger partial charge in [0.25, 0.3) is 0 Å². The number of ether oxygens (including phenoxy) is 1. The number of halogens is 1. The van der Waals surface area contributed by atoms with Gasteiger partial charge < -0.3 is 10.5 Å². The molecule has 2 aromatic carbocycles. The van der Waals surface area contributed by atoms with Crippen molar-refractivity contribution >= 4 is 15.9 Å². The molecular formula is C15H16BrNO. The monoisotopic (exact) mass is 305 g/mol. The van der Waals surface area contributed by atoms with E-state index in [0.717, 1.165) is 21.3 Å². The van der Waals surface area contributed by atoms with Crippen LogP contribution in [0.5, 0.6) is 5.75 Å². The molecule has 18 heavy (non-hydrogen) atoms. The van der Waals surface area contributed by atoms with E-state index in [1.54, 1.807) is 0 Å². The van der Waals surface area contributed by atoms with Crippen molar-refractivity contribution in [2.24, 2.45) is 5.73 Å². The maximum atomic E-state index is 5.94. The maximum absolute atomic E-state index is 5.94. The molecule has 0 saturated heterocycles. The second-order valence-electron chi connectivity index (χ2n) is 4.14. The van der Waals surface area contributed by atoms with Gasteiger partial charge in [0, 0.05) is 6.54 Å². The van der Waals surface area contributed by atoms with Crippen molar-refractivity contribution in [2.45, 2.75) is 19.6 Å². The summed E-state index contributed by atoms with van der Waals surface area (Å²) in [6.07, 6.45) is 0.0197. The van der Waals surface area contributed by atoms with Crippen LogP contribution in [-0.2, 0) is 6.54 Å².